The number of rotatable bonds is 5. The lowest BCUT2D eigenvalue weighted by atomic mass is 10.0. The number of hydrogen-bond donors (Lipinski definition) is 1. The van der Waals surface area contributed by atoms with Crippen LogP contribution in [0.5, 0.6) is 0 Å². The highest BCUT2D eigenvalue weighted by atomic mass is 19.1. The first-order valence-corrected chi connectivity index (χ1v) is 10.7. The lowest BCUT2D eigenvalue weighted by Crippen LogP contribution is -2.48. The van der Waals surface area contributed by atoms with Crippen LogP contribution in [-0.2, 0) is 16.1 Å². The summed E-state index contributed by atoms with van der Waals surface area (Å²) in [4.78, 5) is 41.2. The standard InChI is InChI=1S/C24H26FN3O3/c25-21-9-5-4-8-20(21)23(30)26-19-10-12-27(13-11-19)24(31)18-14-22(29)28(16-18)15-17-6-2-1-3-7-17/h1-9,18-19H,10-16H2,(H,26,30). The predicted octanol–water partition coefficient (Wildman–Crippen LogP) is 2.60. The first kappa shape index (κ1) is 21.0. The first-order valence-electron chi connectivity index (χ1n) is 10.7. The molecule has 0 radical (unpaired) electrons. The molecule has 2 aliphatic heterocycles. The maximum absolute atomic E-state index is 13.8. The van der Waals surface area contributed by atoms with Crippen LogP contribution in [0, 0.1) is 11.7 Å². The maximum atomic E-state index is 13.8. The number of piperidine rings is 1. The third-order valence-corrected chi connectivity index (χ3v) is 6.04. The summed E-state index contributed by atoms with van der Waals surface area (Å²) in [5, 5.41) is 2.87. The van der Waals surface area contributed by atoms with Crippen molar-refractivity contribution in [3.63, 3.8) is 0 Å². The Bertz CT molecular complexity index is 958. The Morgan fingerprint density at radius 2 is 1.68 bits per heavy atom. The molecule has 1 unspecified atom stereocenters. The summed E-state index contributed by atoms with van der Waals surface area (Å²) in [6.45, 7) is 2.00. The Morgan fingerprint density at radius 1 is 1.00 bits per heavy atom. The largest absolute Gasteiger partial charge is 0.349 e. The summed E-state index contributed by atoms with van der Waals surface area (Å²) in [6, 6.07) is 15.6. The predicted molar refractivity (Wildman–Crippen MR) is 113 cm³/mol. The normalized spacial score (nSPS) is 19.5. The Labute approximate surface area is 181 Å². The van der Waals surface area contributed by atoms with Crippen LogP contribution in [-0.4, -0.2) is 53.2 Å². The number of amides is 3. The molecule has 2 aromatic rings. The molecule has 31 heavy (non-hydrogen) atoms. The van der Waals surface area contributed by atoms with Gasteiger partial charge in [-0.3, -0.25) is 14.4 Å². The van der Waals surface area contributed by atoms with Crippen LogP contribution in [0.25, 0.3) is 0 Å². The molecule has 2 fully saturated rings. The van der Waals surface area contributed by atoms with Crippen molar-refractivity contribution in [3.8, 4) is 0 Å². The van der Waals surface area contributed by atoms with E-state index in [1.807, 2.05) is 30.3 Å². The van der Waals surface area contributed by atoms with E-state index >= 15 is 0 Å². The minimum atomic E-state index is -0.543. The average molecular weight is 423 g/mol. The van der Waals surface area contributed by atoms with Gasteiger partial charge in [0.25, 0.3) is 5.91 Å². The zero-order valence-electron chi connectivity index (χ0n) is 17.3. The molecule has 1 atom stereocenters. The SMILES string of the molecule is O=C(NC1CCN(C(=O)C2CC(=O)N(Cc3ccccc3)C2)CC1)c1ccccc1F. The van der Waals surface area contributed by atoms with Crippen LogP contribution in [0.3, 0.4) is 0 Å². The second-order valence-corrected chi connectivity index (χ2v) is 8.21. The number of benzene rings is 2. The smallest absolute Gasteiger partial charge is 0.254 e. The molecule has 1 N–H and O–H groups in total. The van der Waals surface area contributed by atoms with Gasteiger partial charge < -0.3 is 15.1 Å². The topological polar surface area (TPSA) is 69.7 Å². The van der Waals surface area contributed by atoms with Gasteiger partial charge in [-0.1, -0.05) is 42.5 Å². The lowest BCUT2D eigenvalue weighted by Gasteiger charge is -2.33. The Kier molecular flexibility index (Phi) is 6.30. The molecule has 2 heterocycles. The van der Waals surface area contributed by atoms with Crippen molar-refractivity contribution in [1.29, 1.82) is 0 Å². The monoisotopic (exact) mass is 423 g/mol. The van der Waals surface area contributed by atoms with Crippen LogP contribution in [0.15, 0.2) is 54.6 Å². The maximum Gasteiger partial charge on any atom is 0.254 e. The molecule has 6 nitrogen and oxygen atoms in total. The molecule has 2 aromatic carbocycles. The number of likely N-dealkylation sites (tertiary alicyclic amines) is 2. The quantitative estimate of drug-likeness (QED) is 0.804. The van der Waals surface area contributed by atoms with Crippen LogP contribution in [0.2, 0.25) is 0 Å². The van der Waals surface area contributed by atoms with Gasteiger partial charge in [-0.2, -0.15) is 0 Å². The van der Waals surface area contributed by atoms with Gasteiger partial charge in [0.1, 0.15) is 5.82 Å². The Balaban J connectivity index is 1.27. The van der Waals surface area contributed by atoms with E-state index in [0.717, 1.165) is 5.56 Å². The summed E-state index contributed by atoms with van der Waals surface area (Å²) < 4.78 is 13.8. The number of hydrogen-bond acceptors (Lipinski definition) is 3. The molecule has 0 aliphatic carbocycles. The van der Waals surface area contributed by atoms with Crippen molar-refractivity contribution in [2.24, 2.45) is 5.92 Å². The third kappa shape index (κ3) is 4.93. The molecule has 4 rings (SSSR count). The van der Waals surface area contributed by atoms with E-state index < -0.39 is 11.7 Å². The molecular formula is C24H26FN3O3. The van der Waals surface area contributed by atoms with Crippen molar-refractivity contribution in [2.45, 2.75) is 31.8 Å². The summed E-state index contributed by atoms with van der Waals surface area (Å²) in [6.07, 6.45) is 1.47. The van der Waals surface area contributed by atoms with Crippen LogP contribution in [0.4, 0.5) is 4.39 Å². The first-order chi connectivity index (χ1) is 15.0. The Morgan fingerprint density at radius 3 is 2.39 bits per heavy atom. The highest BCUT2D eigenvalue weighted by Gasteiger charge is 2.37. The Hall–Kier alpha value is -3.22. The van der Waals surface area contributed by atoms with E-state index in [1.165, 1.54) is 12.1 Å². The second-order valence-electron chi connectivity index (χ2n) is 8.21. The van der Waals surface area contributed by atoms with Gasteiger partial charge in [0.15, 0.2) is 0 Å². The second kappa shape index (κ2) is 9.29. The van der Waals surface area contributed by atoms with Gasteiger partial charge in [-0.15, -0.1) is 0 Å². The molecule has 2 saturated heterocycles. The lowest BCUT2D eigenvalue weighted by molar-refractivity contribution is -0.136. The average Bonchev–Trinajstić information content (AvgIpc) is 3.15. The van der Waals surface area contributed by atoms with Crippen molar-refractivity contribution >= 4 is 17.7 Å². The van der Waals surface area contributed by atoms with E-state index in [1.54, 1.807) is 21.9 Å². The molecular weight excluding hydrogens is 397 g/mol. The van der Waals surface area contributed by atoms with Crippen molar-refractivity contribution in [3.05, 3.63) is 71.5 Å². The number of nitrogens with one attached hydrogen (secondary N) is 1. The minimum absolute atomic E-state index is 0.00259. The van der Waals surface area contributed by atoms with Gasteiger partial charge in [-0.05, 0) is 30.5 Å². The molecule has 3 amide bonds. The van der Waals surface area contributed by atoms with E-state index in [4.69, 9.17) is 0 Å². The zero-order valence-corrected chi connectivity index (χ0v) is 17.3. The van der Waals surface area contributed by atoms with Gasteiger partial charge in [0.2, 0.25) is 11.8 Å². The van der Waals surface area contributed by atoms with Gasteiger partial charge in [0, 0.05) is 38.6 Å². The summed E-state index contributed by atoms with van der Waals surface area (Å²) in [7, 11) is 0. The summed E-state index contributed by atoms with van der Waals surface area (Å²) >= 11 is 0. The van der Waals surface area contributed by atoms with Gasteiger partial charge in [-0.25, -0.2) is 4.39 Å². The van der Waals surface area contributed by atoms with Gasteiger partial charge in [0.05, 0.1) is 11.5 Å². The fourth-order valence-electron chi connectivity index (χ4n) is 4.31. The molecule has 2 aliphatic rings. The fourth-order valence-corrected chi connectivity index (χ4v) is 4.31. The molecule has 0 spiro atoms. The van der Waals surface area contributed by atoms with Crippen molar-refractivity contribution < 1.29 is 18.8 Å². The zero-order chi connectivity index (χ0) is 21.8. The van der Waals surface area contributed by atoms with E-state index in [9.17, 15) is 18.8 Å². The minimum Gasteiger partial charge on any atom is -0.349 e. The molecule has 0 aromatic heterocycles. The van der Waals surface area contributed by atoms with Crippen molar-refractivity contribution in [1.82, 2.24) is 15.1 Å². The molecule has 0 bridgehead atoms. The highest BCUT2D eigenvalue weighted by Crippen LogP contribution is 2.24. The highest BCUT2D eigenvalue weighted by molar-refractivity contribution is 5.94. The van der Waals surface area contributed by atoms with E-state index in [0.29, 0.717) is 39.0 Å². The number of nitrogens with zero attached hydrogens (tertiary/aromatic N) is 2. The van der Waals surface area contributed by atoms with E-state index in [-0.39, 0.29) is 35.8 Å². The fraction of sp³-hybridized carbons (Fsp3) is 0.375. The number of halogens is 1. The van der Waals surface area contributed by atoms with Crippen LogP contribution in [0.1, 0.15) is 35.2 Å². The van der Waals surface area contributed by atoms with E-state index in [2.05, 4.69) is 5.32 Å². The van der Waals surface area contributed by atoms with Crippen LogP contribution >= 0.6 is 0 Å². The van der Waals surface area contributed by atoms with Gasteiger partial charge >= 0.3 is 0 Å². The number of carbonyl (C=O) groups excluding carboxylic acids is 3. The van der Waals surface area contributed by atoms with Crippen molar-refractivity contribution in [2.75, 3.05) is 19.6 Å². The molecule has 162 valence electrons. The number of carbonyl (C=O) groups is 3. The van der Waals surface area contributed by atoms with Crippen LogP contribution < -0.4 is 5.32 Å². The summed E-state index contributed by atoms with van der Waals surface area (Å²) in [5.41, 5.74) is 1.08. The molecule has 0 saturated carbocycles. The third-order valence-electron chi connectivity index (χ3n) is 6.04. The molecule has 7 heteroatoms. The summed E-state index contributed by atoms with van der Waals surface area (Å²) in [5.74, 6) is -1.28.